The first-order valence-electron chi connectivity index (χ1n) is 5.79. The topological polar surface area (TPSA) is 92.6 Å². The molecule has 0 heterocycles. The minimum Gasteiger partial charge on any atom is -0.305 e. The summed E-state index contributed by atoms with van der Waals surface area (Å²) < 4.78 is 26.3. The average Bonchev–Trinajstić information content (AvgIpc) is 2.38. The number of sulfonamides is 1. The molecule has 0 amide bonds. The fraction of sp³-hybridized carbons (Fsp3) is 0.455. The van der Waals surface area contributed by atoms with E-state index in [0.717, 1.165) is 12.6 Å². The number of nitrogens with zero attached hydrogens (tertiary/aromatic N) is 2. The molecule has 0 saturated carbocycles. The van der Waals surface area contributed by atoms with Gasteiger partial charge in [-0.1, -0.05) is 13.0 Å². The van der Waals surface area contributed by atoms with Crippen molar-refractivity contribution in [1.29, 1.82) is 0 Å². The summed E-state index contributed by atoms with van der Waals surface area (Å²) in [4.78, 5) is 11.8. The van der Waals surface area contributed by atoms with E-state index in [1.54, 1.807) is 0 Å². The Balaban J connectivity index is 2.77. The Morgan fingerprint density at radius 2 is 2.11 bits per heavy atom. The Kier molecular flexibility index (Phi) is 5.40. The Hall–Kier alpha value is -1.51. The van der Waals surface area contributed by atoms with Crippen molar-refractivity contribution in [2.24, 2.45) is 0 Å². The molecule has 0 aliphatic heterocycles. The fourth-order valence-corrected chi connectivity index (χ4v) is 2.44. The highest BCUT2D eigenvalue weighted by atomic mass is 32.2. The molecular formula is C11H17N3O4S. The number of benzene rings is 1. The molecule has 0 saturated heterocycles. The van der Waals surface area contributed by atoms with E-state index in [1.165, 1.54) is 18.2 Å². The van der Waals surface area contributed by atoms with Gasteiger partial charge < -0.3 is 4.90 Å². The van der Waals surface area contributed by atoms with Crippen molar-refractivity contribution in [2.45, 2.75) is 11.8 Å². The van der Waals surface area contributed by atoms with E-state index in [2.05, 4.69) is 4.72 Å². The summed E-state index contributed by atoms with van der Waals surface area (Å²) in [6.07, 6.45) is 0. The van der Waals surface area contributed by atoms with Crippen LogP contribution in [-0.4, -0.2) is 44.9 Å². The van der Waals surface area contributed by atoms with Gasteiger partial charge in [-0.25, -0.2) is 13.1 Å². The molecule has 0 fully saturated rings. The van der Waals surface area contributed by atoms with Crippen LogP contribution in [-0.2, 0) is 10.0 Å². The Bertz CT molecular complexity index is 545. The number of hydrogen-bond acceptors (Lipinski definition) is 5. The highest BCUT2D eigenvalue weighted by Crippen LogP contribution is 2.16. The van der Waals surface area contributed by atoms with Gasteiger partial charge in [0.05, 0.1) is 9.82 Å². The van der Waals surface area contributed by atoms with Crippen LogP contribution in [0.3, 0.4) is 0 Å². The van der Waals surface area contributed by atoms with Crippen LogP contribution in [0.15, 0.2) is 29.2 Å². The zero-order valence-corrected chi connectivity index (χ0v) is 11.7. The first-order chi connectivity index (χ1) is 8.86. The number of likely N-dealkylation sites (N-methyl/N-ethyl adjacent to an activating group) is 1. The summed E-state index contributed by atoms with van der Waals surface area (Å²) in [6, 6.07) is 4.99. The maximum Gasteiger partial charge on any atom is 0.270 e. The van der Waals surface area contributed by atoms with Crippen LogP contribution in [0.4, 0.5) is 5.69 Å². The van der Waals surface area contributed by atoms with Gasteiger partial charge in [0.15, 0.2) is 0 Å². The lowest BCUT2D eigenvalue weighted by molar-refractivity contribution is -0.385. The number of rotatable bonds is 7. The lowest BCUT2D eigenvalue weighted by Crippen LogP contribution is -2.32. The lowest BCUT2D eigenvalue weighted by atomic mass is 10.3. The minimum absolute atomic E-state index is 0.0964. The quantitative estimate of drug-likeness (QED) is 0.592. The molecule has 7 nitrogen and oxygen atoms in total. The maximum atomic E-state index is 11.9. The normalized spacial score (nSPS) is 11.7. The van der Waals surface area contributed by atoms with Crippen LogP contribution < -0.4 is 4.72 Å². The summed E-state index contributed by atoms with van der Waals surface area (Å²) in [5.41, 5.74) is -0.242. The Morgan fingerprint density at radius 1 is 1.42 bits per heavy atom. The van der Waals surface area contributed by atoms with Crippen LogP contribution in [0.25, 0.3) is 0 Å². The average molecular weight is 287 g/mol. The zero-order chi connectivity index (χ0) is 14.5. The van der Waals surface area contributed by atoms with Gasteiger partial charge in [0.25, 0.3) is 5.69 Å². The van der Waals surface area contributed by atoms with E-state index in [0.29, 0.717) is 6.54 Å². The zero-order valence-electron chi connectivity index (χ0n) is 10.9. The van der Waals surface area contributed by atoms with E-state index in [1.807, 2.05) is 18.9 Å². The van der Waals surface area contributed by atoms with Crippen molar-refractivity contribution >= 4 is 15.7 Å². The van der Waals surface area contributed by atoms with Crippen LogP contribution in [0.5, 0.6) is 0 Å². The molecule has 106 valence electrons. The summed E-state index contributed by atoms with van der Waals surface area (Å²) in [5, 5.41) is 10.6. The predicted octanol–water partition coefficient (Wildman–Crippen LogP) is 0.825. The minimum atomic E-state index is -3.70. The van der Waals surface area contributed by atoms with Crippen molar-refractivity contribution in [3.63, 3.8) is 0 Å². The largest absolute Gasteiger partial charge is 0.305 e. The van der Waals surface area contributed by atoms with Gasteiger partial charge in [0, 0.05) is 25.2 Å². The molecule has 1 rings (SSSR count). The molecule has 0 aliphatic carbocycles. The maximum absolute atomic E-state index is 11.9. The number of hydrogen-bond donors (Lipinski definition) is 1. The van der Waals surface area contributed by atoms with Gasteiger partial charge in [-0.15, -0.1) is 0 Å². The second kappa shape index (κ2) is 6.60. The van der Waals surface area contributed by atoms with Gasteiger partial charge in [-0.3, -0.25) is 10.1 Å². The van der Waals surface area contributed by atoms with Crippen molar-refractivity contribution in [2.75, 3.05) is 26.7 Å². The second-order valence-corrected chi connectivity index (χ2v) is 5.82. The Labute approximate surface area is 112 Å². The smallest absolute Gasteiger partial charge is 0.270 e. The molecule has 0 radical (unpaired) electrons. The molecule has 1 N–H and O–H groups in total. The first kappa shape index (κ1) is 15.5. The van der Waals surface area contributed by atoms with Crippen molar-refractivity contribution < 1.29 is 13.3 Å². The van der Waals surface area contributed by atoms with Gasteiger partial charge in [-0.2, -0.15) is 0 Å². The molecule has 19 heavy (non-hydrogen) atoms. The number of non-ortho nitro benzene ring substituents is 1. The van der Waals surface area contributed by atoms with Gasteiger partial charge in [-0.05, 0) is 19.7 Å². The highest BCUT2D eigenvalue weighted by molar-refractivity contribution is 7.89. The standard InChI is InChI=1S/C11H17N3O4S/c1-3-13(2)8-7-12-19(17,18)11-6-4-5-10(9-11)14(15)16/h4-6,9,12H,3,7-8H2,1-2H3. The third-order valence-electron chi connectivity index (χ3n) is 2.66. The summed E-state index contributed by atoms with van der Waals surface area (Å²) >= 11 is 0. The molecule has 1 aromatic rings. The summed E-state index contributed by atoms with van der Waals surface area (Å²) in [5.74, 6) is 0. The second-order valence-electron chi connectivity index (χ2n) is 4.05. The molecular weight excluding hydrogens is 270 g/mol. The van der Waals surface area contributed by atoms with Crippen molar-refractivity contribution in [3.05, 3.63) is 34.4 Å². The lowest BCUT2D eigenvalue weighted by Gasteiger charge is -2.14. The molecule has 0 atom stereocenters. The molecule has 0 bridgehead atoms. The SMILES string of the molecule is CCN(C)CCNS(=O)(=O)c1cccc([N+](=O)[O-])c1. The van der Waals surface area contributed by atoms with E-state index in [-0.39, 0.29) is 17.1 Å². The van der Waals surface area contributed by atoms with Crippen LogP contribution in [0.2, 0.25) is 0 Å². The van der Waals surface area contributed by atoms with Crippen LogP contribution in [0.1, 0.15) is 6.92 Å². The molecule has 0 unspecified atom stereocenters. The molecule has 0 aromatic heterocycles. The monoisotopic (exact) mass is 287 g/mol. The van der Waals surface area contributed by atoms with Crippen LogP contribution >= 0.6 is 0 Å². The molecule has 0 spiro atoms. The van der Waals surface area contributed by atoms with Gasteiger partial charge >= 0.3 is 0 Å². The number of nitro groups is 1. The van der Waals surface area contributed by atoms with Gasteiger partial charge in [0.1, 0.15) is 0 Å². The van der Waals surface area contributed by atoms with E-state index in [9.17, 15) is 18.5 Å². The Morgan fingerprint density at radius 3 is 2.68 bits per heavy atom. The van der Waals surface area contributed by atoms with Gasteiger partial charge in [0.2, 0.25) is 10.0 Å². The van der Waals surface area contributed by atoms with E-state index >= 15 is 0 Å². The molecule has 8 heteroatoms. The van der Waals surface area contributed by atoms with Crippen LogP contribution in [0, 0.1) is 10.1 Å². The number of nitrogens with one attached hydrogen (secondary N) is 1. The third-order valence-corrected chi connectivity index (χ3v) is 4.12. The van der Waals surface area contributed by atoms with Crippen molar-refractivity contribution in [3.8, 4) is 0 Å². The fourth-order valence-electron chi connectivity index (χ4n) is 1.38. The van der Waals surface area contributed by atoms with E-state index < -0.39 is 14.9 Å². The molecule has 0 aliphatic rings. The first-order valence-corrected chi connectivity index (χ1v) is 7.28. The predicted molar refractivity (Wildman–Crippen MR) is 71.5 cm³/mol. The molecule has 1 aromatic carbocycles. The third kappa shape index (κ3) is 4.58. The highest BCUT2D eigenvalue weighted by Gasteiger charge is 2.17. The number of nitro benzene ring substituents is 1. The summed E-state index contributed by atoms with van der Waals surface area (Å²) in [7, 11) is -1.82. The van der Waals surface area contributed by atoms with E-state index in [4.69, 9.17) is 0 Å². The van der Waals surface area contributed by atoms with Crippen molar-refractivity contribution in [1.82, 2.24) is 9.62 Å². The summed E-state index contributed by atoms with van der Waals surface area (Å²) in [6.45, 7) is 3.62.